The second kappa shape index (κ2) is 4.55. The largest absolute Gasteiger partial charge is 0.451 e. The molecule has 1 fully saturated rings. The zero-order chi connectivity index (χ0) is 13.4. The Morgan fingerprint density at radius 2 is 2.06 bits per heavy atom. The summed E-state index contributed by atoms with van der Waals surface area (Å²) in [7, 11) is 0. The SMILES string of the molecule is OCC1(CNc2cc(Cl)nc(C(F)(F)F)n2)CC1. The second-order valence-corrected chi connectivity index (χ2v) is 4.80. The first-order chi connectivity index (χ1) is 8.35. The molecule has 1 aromatic rings. The van der Waals surface area contributed by atoms with Crippen LogP contribution in [0.4, 0.5) is 19.0 Å². The van der Waals surface area contributed by atoms with Crippen LogP contribution < -0.4 is 5.32 Å². The van der Waals surface area contributed by atoms with Gasteiger partial charge in [-0.1, -0.05) is 11.6 Å². The normalized spacial score (nSPS) is 17.6. The molecule has 100 valence electrons. The molecule has 0 aliphatic heterocycles. The average Bonchev–Trinajstić information content (AvgIpc) is 3.05. The van der Waals surface area contributed by atoms with Crippen LogP contribution in [0.5, 0.6) is 0 Å². The van der Waals surface area contributed by atoms with E-state index in [1.807, 2.05) is 0 Å². The van der Waals surface area contributed by atoms with Gasteiger partial charge in [-0.2, -0.15) is 13.2 Å². The summed E-state index contributed by atoms with van der Waals surface area (Å²) >= 11 is 5.52. The smallest absolute Gasteiger partial charge is 0.396 e. The van der Waals surface area contributed by atoms with Crippen LogP contribution in [-0.4, -0.2) is 28.2 Å². The quantitative estimate of drug-likeness (QED) is 0.832. The van der Waals surface area contributed by atoms with Gasteiger partial charge in [0.1, 0.15) is 11.0 Å². The molecule has 1 saturated carbocycles. The van der Waals surface area contributed by atoms with Crippen molar-refractivity contribution in [3.8, 4) is 0 Å². The number of anilines is 1. The fourth-order valence-electron chi connectivity index (χ4n) is 1.48. The fourth-order valence-corrected chi connectivity index (χ4v) is 1.66. The topological polar surface area (TPSA) is 58.0 Å². The van der Waals surface area contributed by atoms with Gasteiger partial charge in [0.25, 0.3) is 0 Å². The third-order valence-corrected chi connectivity index (χ3v) is 3.08. The first kappa shape index (κ1) is 13.4. The number of alkyl halides is 3. The highest BCUT2D eigenvalue weighted by molar-refractivity contribution is 6.29. The molecule has 0 saturated heterocycles. The molecule has 1 aliphatic rings. The Morgan fingerprint density at radius 3 is 2.56 bits per heavy atom. The van der Waals surface area contributed by atoms with E-state index < -0.39 is 12.0 Å². The number of nitrogens with zero attached hydrogens (tertiary/aromatic N) is 2. The second-order valence-electron chi connectivity index (χ2n) is 4.41. The van der Waals surface area contributed by atoms with Crippen LogP contribution in [0.15, 0.2) is 6.07 Å². The van der Waals surface area contributed by atoms with Crippen molar-refractivity contribution in [1.82, 2.24) is 9.97 Å². The number of hydrogen-bond donors (Lipinski definition) is 2. The third-order valence-electron chi connectivity index (χ3n) is 2.89. The molecule has 18 heavy (non-hydrogen) atoms. The van der Waals surface area contributed by atoms with Crippen LogP contribution in [0, 0.1) is 5.41 Å². The number of aliphatic hydroxyl groups is 1. The summed E-state index contributed by atoms with van der Waals surface area (Å²) in [6.07, 6.45) is -2.93. The average molecular weight is 282 g/mol. The van der Waals surface area contributed by atoms with Gasteiger partial charge in [0.05, 0.1) is 6.61 Å². The molecule has 2 rings (SSSR count). The Bertz CT molecular complexity index is 448. The molecule has 4 nitrogen and oxygen atoms in total. The Kier molecular flexibility index (Phi) is 3.37. The first-order valence-corrected chi connectivity index (χ1v) is 5.69. The van der Waals surface area contributed by atoms with Crippen molar-refractivity contribution in [2.45, 2.75) is 19.0 Å². The summed E-state index contributed by atoms with van der Waals surface area (Å²) in [5.41, 5.74) is -0.226. The van der Waals surface area contributed by atoms with Crippen LogP contribution in [0.1, 0.15) is 18.7 Å². The van der Waals surface area contributed by atoms with Crippen molar-refractivity contribution in [3.05, 3.63) is 17.0 Å². The lowest BCUT2D eigenvalue weighted by Crippen LogP contribution is -2.20. The number of hydrogen-bond acceptors (Lipinski definition) is 4. The number of aromatic nitrogens is 2. The Morgan fingerprint density at radius 1 is 1.39 bits per heavy atom. The minimum atomic E-state index is -4.63. The maximum atomic E-state index is 12.4. The summed E-state index contributed by atoms with van der Waals surface area (Å²) in [5.74, 6) is -1.26. The van der Waals surface area contributed by atoms with Crippen LogP contribution in [0.3, 0.4) is 0 Å². The number of aliphatic hydroxyl groups excluding tert-OH is 1. The monoisotopic (exact) mass is 281 g/mol. The number of halogens is 4. The Labute approximate surface area is 106 Å². The molecule has 0 atom stereocenters. The van der Waals surface area contributed by atoms with E-state index in [0.29, 0.717) is 6.54 Å². The lowest BCUT2D eigenvalue weighted by Gasteiger charge is -2.14. The lowest BCUT2D eigenvalue weighted by atomic mass is 10.1. The van der Waals surface area contributed by atoms with E-state index in [-0.39, 0.29) is 23.0 Å². The van der Waals surface area contributed by atoms with Gasteiger partial charge in [0, 0.05) is 18.0 Å². The standard InChI is InChI=1S/C10H11ClF3N3O/c11-6-3-7(15-4-9(5-18)1-2-9)17-8(16-6)10(12,13)14/h3,18H,1-2,4-5H2,(H,15,16,17). The summed E-state index contributed by atoms with van der Waals surface area (Å²) in [4.78, 5) is 6.48. The van der Waals surface area contributed by atoms with Gasteiger partial charge in [0.2, 0.25) is 5.82 Å². The summed E-state index contributed by atoms with van der Waals surface area (Å²) < 4.78 is 37.3. The highest BCUT2D eigenvalue weighted by atomic mass is 35.5. The molecule has 1 aromatic heterocycles. The Hall–Kier alpha value is -1.08. The molecule has 0 radical (unpaired) electrons. The minimum Gasteiger partial charge on any atom is -0.396 e. The van der Waals surface area contributed by atoms with Crippen LogP contribution in [0.2, 0.25) is 5.15 Å². The van der Waals surface area contributed by atoms with E-state index >= 15 is 0 Å². The van der Waals surface area contributed by atoms with E-state index in [9.17, 15) is 13.2 Å². The molecule has 8 heteroatoms. The summed E-state index contributed by atoms with van der Waals surface area (Å²) in [5, 5.41) is 11.6. The van der Waals surface area contributed by atoms with Gasteiger partial charge in [-0.3, -0.25) is 0 Å². The van der Waals surface area contributed by atoms with E-state index in [1.54, 1.807) is 0 Å². The van der Waals surface area contributed by atoms with Gasteiger partial charge in [0.15, 0.2) is 0 Å². The van der Waals surface area contributed by atoms with Crippen molar-refractivity contribution in [2.75, 3.05) is 18.5 Å². The van der Waals surface area contributed by atoms with Gasteiger partial charge < -0.3 is 10.4 Å². The molecule has 2 N–H and O–H groups in total. The van der Waals surface area contributed by atoms with Crippen LogP contribution in [0.25, 0.3) is 0 Å². The van der Waals surface area contributed by atoms with Gasteiger partial charge in [-0.05, 0) is 12.8 Å². The zero-order valence-corrected chi connectivity index (χ0v) is 10.0. The van der Waals surface area contributed by atoms with Crippen LogP contribution >= 0.6 is 11.6 Å². The fraction of sp³-hybridized carbons (Fsp3) is 0.600. The van der Waals surface area contributed by atoms with E-state index in [4.69, 9.17) is 16.7 Å². The van der Waals surface area contributed by atoms with Gasteiger partial charge in [-0.25, -0.2) is 9.97 Å². The van der Waals surface area contributed by atoms with Crippen molar-refractivity contribution < 1.29 is 18.3 Å². The first-order valence-electron chi connectivity index (χ1n) is 5.31. The molecular formula is C10H11ClF3N3O. The van der Waals surface area contributed by atoms with E-state index in [2.05, 4.69) is 15.3 Å². The molecule has 1 heterocycles. The van der Waals surface area contributed by atoms with Crippen molar-refractivity contribution in [1.29, 1.82) is 0 Å². The number of rotatable bonds is 4. The van der Waals surface area contributed by atoms with Crippen LogP contribution in [-0.2, 0) is 6.18 Å². The van der Waals surface area contributed by atoms with E-state index in [1.165, 1.54) is 6.07 Å². The predicted octanol–water partition coefficient (Wildman–Crippen LogP) is 2.33. The lowest BCUT2D eigenvalue weighted by molar-refractivity contribution is -0.144. The summed E-state index contributed by atoms with van der Waals surface area (Å²) in [6, 6.07) is 1.23. The molecule has 0 aromatic carbocycles. The minimum absolute atomic E-state index is 0.00490. The maximum absolute atomic E-state index is 12.4. The van der Waals surface area contributed by atoms with Crippen molar-refractivity contribution in [3.63, 3.8) is 0 Å². The summed E-state index contributed by atoms with van der Waals surface area (Å²) in [6.45, 7) is 0.374. The third kappa shape index (κ3) is 3.02. The molecule has 1 aliphatic carbocycles. The predicted molar refractivity (Wildman–Crippen MR) is 59.3 cm³/mol. The molecule has 0 bridgehead atoms. The highest BCUT2D eigenvalue weighted by Crippen LogP contribution is 2.44. The molecule has 0 spiro atoms. The number of nitrogens with one attached hydrogen (secondary N) is 1. The van der Waals surface area contributed by atoms with Crippen molar-refractivity contribution >= 4 is 17.4 Å². The molecular weight excluding hydrogens is 271 g/mol. The van der Waals surface area contributed by atoms with Crippen molar-refractivity contribution in [2.24, 2.45) is 5.41 Å². The molecule has 0 unspecified atom stereocenters. The Balaban J connectivity index is 2.11. The van der Waals surface area contributed by atoms with Gasteiger partial charge >= 0.3 is 6.18 Å². The maximum Gasteiger partial charge on any atom is 0.451 e. The molecule has 0 amide bonds. The van der Waals surface area contributed by atoms with E-state index in [0.717, 1.165) is 12.8 Å². The van der Waals surface area contributed by atoms with Gasteiger partial charge in [-0.15, -0.1) is 0 Å². The zero-order valence-electron chi connectivity index (χ0n) is 9.26. The highest BCUT2D eigenvalue weighted by Gasteiger charge is 2.42.